The van der Waals surface area contributed by atoms with Gasteiger partial charge in [-0.2, -0.15) is 0 Å². The van der Waals surface area contributed by atoms with E-state index in [9.17, 15) is 4.79 Å². The Morgan fingerprint density at radius 3 is 1.84 bits per heavy atom. The Hall–Kier alpha value is -2.91. The van der Waals surface area contributed by atoms with Gasteiger partial charge in [0.2, 0.25) is 0 Å². The van der Waals surface area contributed by atoms with Crippen molar-refractivity contribution in [3.63, 3.8) is 0 Å². The van der Waals surface area contributed by atoms with Gasteiger partial charge in [-0.3, -0.25) is 9.69 Å². The third-order valence-electron chi connectivity index (χ3n) is 7.39. The normalized spacial score (nSPS) is 22.3. The van der Waals surface area contributed by atoms with Crippen LogP contribution >= 0.6 is 0 Å². The highest BCUT2D eigenvalue weighted by molar-refractivity contribution is 5.88. The first kappa shape index (κ1) is 21.0. The van der Waals surface area contributed by atoms with Crippen LogP contribution in [0.5, 0.6) is 0 Å². The zero-order valence-corrected chi connectivity index (χ0v) is 18.7. The van der Waals surface area contributed by atoms with Gasteiger partial charge in [0.1, 0.15) is 5.41 Å². The molecule has 1 saturated carbocycles. The van der Waals surface area contributed by atoms with E-state index in [1.54, 1.807) is 0 Å². The number of hydrogen-bond acceptors (Lipinski definition) is 3. The maximum atomic E-state index is 13.6. The van der Waals surface area contributed by atoms with Crippen LogP contribution in [0.3, 0.4) is 0 Å². The van der Waals surface area contributed by atoms with Crippen molar-refractivity contribution in [2.75, 3.05) is 19.7 Å². The van der Waals surface area contributed by atoms with Crippen molar-refractivity contribution in [1.29, 1.82) is 0 Å². The molecule has 1 aliphatic carbocycles. The van der Waals surface area contributed by atoms with Crippen molar-refractivity contribution in [2.24, 2.45) is 17.8 Å². The minimum absolute atomic E-state index is 0.122. The van der Waals surface area contributed by atoms with Crippen molar-refractivity contribution in [3.05, 3.63) is 108 Å². The molecule has 0 radical (unpaired) electrons. The van der Waals surface area contributed by atoms with Crippen molar-refractivity contribution in [2.45, 2.75) is 25.3 Å². The standard InChI is InChI=1S/C29H31NO2/c1-2-32-28(31)29(23-14-8-4-9-15-23,24-16-10-5-11-17-24)18-25-26-20-30(21-27(25)26)19-22-12-6-3-7-13-22/h3-17,25-27H,2,18-21H2,1H3. The topological polar surface area (TPSA) is 29.5 Å². The zero-order chi connectivity index (χ0) is 22.0. The number of carbonyl (C=O) groups is 1. The summed E-state index contributed by atoms with van der Waals surface area (Å²) < 4.78 is 5.72. The Morgan fingerprint density at radius 2 is 1.34 bits per heavy atom. The molecule has 0 N–H and O–H groups in total. The fourth-order valence-electron chi connectivity index (χ4n) is 5.78. The lowest BCUT2D eigenvalue weighted by Gasteiger charge is -2.34. The van der Waals surface area contributed by atoms with E-state index >= 15 is 0 Å². The first-order valence-electron chi connectivity index (χ1n) is 11.8. The second-order valence-electron chi connectivity index (χ2n) is 9.23. The number of fused-ring (bicyclic) bond motifs is 1. The Balaban J connectivity index is 1.40. The second kappa shape index (κ2) is 8.91. The Kier molecular flexibility index (Phi) is 5.84. The predicted molar refractivity (Wildman–Crippen MR) is 127 cm³/mol. The summed E-state index contributed by atoms with van der Waals surface area (Å²) in [6, 6.07) is 31.2. The summed E-state index contributed by atoms with van der Waals surface area (Å²) in [4.78, 5) is 16.2. The number of carbonyl (C=O) groups excluding carboxylic acids is 1. The molecule has 32 heavy (non-hydrogen) atoms. The molecule has 2 fully saturated rings. The molecular weight excluding hydrogens is 394 g/mol. The van der Waals surface area contributed by atoms with E-state index < -0.39 is 5.41 Å². The second-order valence-corrected chi connectivity index (χ2v) is 9.23. The summed E-state index contributed by atoms with van der Waals surface area (Å²) in [7, 11) is 0. The SMILES string of the molecule is CCOC(=O)C(CC1C2CN(Cc3ccccc3)CC21)(c1ccccc1)c1ccccc1. The number of rotatable bonds is 8. The zero-order valence-electron chi connectivity index (χ0n) is 18.7. The minimum atomic E-state index is -0.752. The fraction of sp³-hybridized carbons (Fsp3) is 0.345. The Labute approximate surface area is 191 Å². The van der Waals surface area contributed by atoms with Crippen LogP contribution in [0, 0.1) is 17.8 Å². The van der Waals surface area contributed by atoms with Gasteiger partial charge in [0, 0.05) is 19.6 Å². The van der Waals surface area contributed by atoms with Gasteiger partial charge in [-0.05, 0) is 47.8 Å². The highest BCUT2D eigenvalue weighted by Gasteiger charge is 2.59. The van der Waals surface area contributed by atoms with Crippen molar-refractivity contribution in [3.8, 4) is 0 Å². The molecular formula is C29H31NO2. The van der Waals surface area contributed by atoms with Gasteiger partial charge in [0.25, 0.3) is 0 Å². The van der Waals surface area contributed by atoms with Gasteiger partial charge in [-0.15, -0.1) is 0 Å². The average Bonchev–Trinajstić information content (AvgIpc) is 3.27. The first-order valence-corrected chi connectivity index (χ1v) is 11.8. The van der Waals surface area contributed by atoms with E-state index in [1.165, 1.54) is 5.56 Å². The highest BCUT2D eigenvalue weighted by atomic mass is 16.5. The van der Waals surface area contributed by atoms with E-state index in [0.29, 0.717) is 24.4 Å². The largest absolute Gasteiger partial charge is 0.465 e. The molecule has 0 bridgehead atoms. The molecule has 2 unspecified atom stereocenters. The van der Waals surface area contributed by atoms with Gasteiger partial charge in [-0.1, -0.05) is 91.0 Å². The van der Waals surface area contributed by atoms with Crippen molar-refractivity contribution < 1.29 is 9.53 Å². The third kappa shape index (κ3) is 3.86. The van der Waals surface area contributed by atoms with Crippen molar-refractivity contribution >= 4 is 5.97 Å². The summed E-state index contributed by atoms with van der Waals surface area (Å²) >= 11 is 0. The maximum Gasteiger partial charge on any atom is 0.321 e. The van der Waals surface area contributed by atoms with Gasteiger partial charge < -0.3 is 4.74 Å². The smallest absolute Gasteiger partial charge is 0.321 e. The van der Waals surface area contributed by atoms with Crippen LogP contribution in [-0.2, 0) is 21.5 Å². The molecule has 5 rings (SSSR count). The van der Waals surface area contributed by atoms with E-state index in [-0.39, 0.29) is 5.97 Å². The average molecular weight is 426 g/mol. The number of piperidine rings is 1. The molecule has 2 aliphatic rings. The van der Waals surface area contributed by atoms with E-state index in [0.717, 1.165) is 37.2 Å². The Bertz CT molecular complexity index is 983. The maximum absolute atomic E-state index is 13.6. The molecule has 3 aromatic rings. The van der Waals surface area contributed by atoms with Crippen LogP contribution in [0.1, 0.15) is 30.0 Å². The molecule has 1 heterocycles. The molecule has 3 nitrogen and oxygen atoms in total. The van der Waals surface area contributed by atoms with Gasteiger partial charge in [0.15, 0.2) is 0 Å². The van der Waals surface area contributed by atoms with Crippen molar-refractivity contribution in [1.82, 2.24) is 4.90 Å². The minimum Gasteiger partial charge on any atom is -0.465 e. The van der Waals surface area contributed by atoms with Crippen LogP contribution in [-0.4, -0.2) is 30.6 Å². The summed E-state index contributed by atoms with van der Waals surface area (Å²) in [6.07, 6.45) is 0.814. The molecule has 0 aromatic heterocycles. The number of benzene rings is 3. The van der Waals surface area contributed by atoms with E-state index in [1.807, 2.05) is 43.3 Å². The van der Waals surface area contributed by atoms with Gasteiger partial charge >= 0.3 is 5.97 Å². The monoisotopic (exact) mass is 425 g/mol. The lowest BCUT2D eigenvalue weighted by atomic mass is 9.70. The van der Waals surface area contributed by atoms with Crippen LogP contribution in [0.25, 0.3) is 0 Å². The Morgan fingerprint density at radius 1 is 0.844 bits per heavy atom. The molecule has 1 aliphatic heterocycles. The summed E-state index contributed by atoms with van der Waals surface area (Å²) in [5.41, 5.74) is 2.70. The number of hydrogen-bond donors (Lipinski definition) is 0. The van der Waals surface area contributed by atoms with Gasteiger partial charge in [0.05, 0.1) is 6.61 Å². The quantitative estimate of drug-likeness (QED) is 0.459. The number of esters is 1. The van der Waals surface area contributed by atoms with Gasteiger partial charge in [-0.25, -0.2) is 0 Å². The van der Waals surface area contributed by atoms with Crippen LogP contribution in [0.15, 0.2) is 91.0 Å². The summed E-state index contributed by atoms with van der Waals surface area (Å²) in [5, 5.41) is 0. The molecule has 3 heteroatoms. The number of nitrogens with zero attached hydrogens (tertiary/aromatic N) is 1. The van der Waals surface area contributed by atoms with Crippen LogP contribution < -0.4 is 0 Å². The lowest BCUT2D eigenvalue weighted by Crippen LogP contribution is -2.40. The van der Waals surface area contributed by atoms with E-state index in [4.69, 9.17) is 4.74 Å². The summed E-state index contributed by atoms with van der Waals surface area (Å²) in [5.74, 6) is 1.76. The first-order chi connectivity index (χ1) is 15.7. The summed E-state index contributed by atoms with van der Waals surface area (Å²) in [6.45, 7) is 5.54. The number of likely N-dealkylation sites (tertiary alicyclic amines) is 1. The number of ether oxygens (including phenoxy) is 1. The van der Waals surface area contributed by atoms with Crippen LogP contribution in [0.2, 0.25) is 0 Å². The lowest BCUT2D eigenvalue weighted by molar-refractivity contribution is -0.149. The molecule has 0 amide bonds. The molecule has 3 aromatic carbocycles. The third-order valence-corrected chi connectivity index (χ3v) is 7.39. The van der Waals surface area contributed by atoms with Crippen LogP contribution in [0.4, 0.5) is 0 Å². The molecule has 164 valence electrons. The molecule has 0 spiro atoms. The fourth-order valence-corrected chi connectivity index (χ4v) is 5.78. The predicted octanol–water partition coefficient (Wildman–Crippen LogP) is 5.30. The molecule has 1 saturated heterocycles. The molecule has 2 atom stereocenters. The highest BCUT2D eigenvalue weighted by Crippen LogP contribution is 2.58. The van der Waals surface area contributed by atoms with E-state index in [2.05, 4.69) is 59.5 Å².